The molecule has 121 valence electrons. The number of nitrogens with zero attached hydrogens (tertiary/aromatic N) is 3. The van der Waals surface area contributed by atoms with Crippen LogP contribution in [0.25, 0.3) is 0 Å². The molecule has 2 aliphatic heterocycles. The van der Waals surface area contributed by atoms with Crippen LogP contribution in [0.2, 0.25) is 0 Å². The van der Waals surface area contributed by atoms with Gasteiger partial charge in [0.05, 0.1) is 18.0 Å². The number of benzene rings is 2. The van der Waals surface area contributed by atoms with Crippen molar-refractivity contribution in [1.29, 1.82) is 0 Å². The Kier molecular flexibility index (Phi) is 3.69. The molecule has 1 saturated heterocycles. The lowest BCUT2D eigenvalue weighted by Crippen LogP contribution is -2.26. The second-order valence-electron chi connectivity index (χ2n) is 5.90. The monoisotopic (exact) mass is 320 g/mol. The third kappa shape index (κ3) is 2.62. The topological polar surface area (TPSA) is 56.0 Å². The number of para-hydroxylation sites is 2. The van der Waals surface area contributed by atoms with Gasteiger partial charge in [-0.2, -0.15) is 0 Å². The van der Waals surface area contributed by atoms with Gasteiger partial charge >= 0.3 is 0 Å². The summed E-state index contributed by atoms with van der Waals surface area (Å²) in [5.41, 5.74) is 2.67. The van der Waals surface area contributed by atoms with Gasteiger partial charge in [0.15, 0.2) is 0 Å². The highest BCUT2D eigenvalue weighted by atomic mass is 16.5. The van der Waals surface area contributed by atoms with E-state index >= 15 is 0 Å². The van der Waals surface area contributed by atoms with Crippen molar-refractivity contribution in [2.45, 2.75) is 13.3 Å². The summed E-state index contributed by atoms with van der Waals surface area (Å²) in [7, 11) is 0. The summed E-state index contributed by atoms with van der Waals surface area (Å²) < 4.78 is 5.45. The van der Waals surface area contributed by atoms with E-state index in [2.05, 4.69) is 10.3 Å². The smallest absolute Gasteiger partial charge is 0.227 e. The molecule has 2 aromatic rings. The number of anilines is 1. The van der Waals surface area contributed by atoms with Crippen LogP contribution in [-0.4, -0.2) is 24.9 Å². The molecule has 1 fully saturated rings. The predicted molar refractivity (Wildman–Crippen MR) is 93.4 cm³/mol. The van der Waals surface area contributed by atoms with E-state index in [1.54, 1.807) is 4.90 Å². The van der Waals surface area contributed by atoms with E-state index in [1.807, 2.05) is 55.5 Å². The van der Waals surface area contributed by atoms with Crippen LogP contribution in [0.3, 0.4) is 0 Å². The van der Waals surface area contributed by atoms with Crippen LogP contribution in [0.15, 0.2) is 53.5 Å². The van der Waals surface area contributed by atoms with Crippen LogP contribution >= 0.6 is 0 Å². The molecule has 0 saturated carbocycles. The molecule has 0 spiro atoms. The molecule has 0 aromatic heterocycles. The summed E-state index contributed by atoms with van der Waals surface area (Å²) in [6, 6.07) is 15.4. The Morgan fingerprint density at radius 3 is 2.58 bits per heavy atom. The number of hydrogen-bond acceptors (Lipinski definition) is 3. The normalized spacial score (nSPS) is 19.0. The first-order chi connectivity index (χ1) is 11.7. The number of amidine groups is 1. The molecule has 0 aliphatic carbocycles. The lowest BCUT2D eigenvalue weighted by atomic mass is 10.1. The summed E-state index contributed by atoms with van der Waals surface area (Å²) in [5.74, 6) is 1.72. The van der Waals surface area contributed by atoms with E-state index in [0.717, 1.165) is 28.6 Å². The first-order valence-electron chi connectivity index (χ1n) is 8.17. The molecule has 5 heteroatoms. The van der Waals surface area contributed by atoms with Gasteiger partial charge in [-0.15, -0.1) is 0 Å². The van der Waals surface area contributed by atoms with Crippen molar-refractivity contribution in [3.63, 3.8) is 0 Å². The minimum absolute atomic E-state index is 0.0384. The quantitative estimate of drug-likeness (QED) is 0.867. The maximum absolute atomic E-state index is 12.4. The maximum atomic E-state index is 12.4. The third-order valence-electron chi connectivity index (χ3n) is 4.30. The van der Waals surface area contributed by atoms with Crippen molar-refractivity contribution in [1.82, 2.24) is 5.32 Å². The zero-order valence-electron chi connectivity index (χ0n) is 13.5. The van der Waals surface area contributed by atoms with Gasteiger partial charge in [0.2, 0.25) is 5.91 Å². The van der Waals surface area contributed by atoms with Crippen molar-refractivity contribution in [2.24, 2.45) is 10.9 Å². The summed E-state index contributed by atoms with van der Waals surface area (Å²) in [6.07, 6.45) is 0.448. The van der Waals surface area contributed by atoms with Crippen LogP contribution < -0.4 is 15.0 Å². The Bertz CT molecular complexity index is 799. The highest BCUT2D eigenvalue weighted by molar-refractivity contribution is 6.05. The van der Waals surface area contributed by atoms with Gasteiger partial charge in [0, 0.05) is 24.6 Å². The highest BCUT2D eigenvalue weighted by Gasteiger charge is 2.36. The first-order valence-corrected chi connectivity index (χ1v) is 8.17. The van der Waals surface area contributed by atoms with Gasteiger partial charge in [0.1, 0.15) is 11.6 Å². The number of carbonyl (C=O) groups is 1. The predicted octanol–water partition coefficient (Wildman–Crippen LogP) is 3.42. The number of aliphatic imine (C=N–C) groups is 1. The zero-order valence-corrected chi connectivity index (χ0v) is 13.5. The largest absolute Gasteiger partial charge is 0.494 e. The second kappa shape index (κ2) is 6.00. The van der Waals surface area contributed by atoms with E-state index in [0.29, 0.717) is 19.6 Å². The van der Waals surface area contributed by atoms with E-state index in [1.165, 1.54) is 0 Å². The van der Waals surface area contributed by atoms with E-state index in [4.69, 9.17) is 4.74 Å². The standard InChI is InChI=1S/C19H18N3O2/c1-2-24-15-9-7-14(8-10-15)22-12-13(11-18(22)23)19-20-16-5-3-4-6-17(16)21-19/h3-10,13H,2,11-12H2,1H3. The Hall–Kier alpha value is -2.82. The molecule has 0 bridgehead atoms. The molecule has 1 radical (unpaired) electrons. The Morgan fingerprint density at radius 2 is 1.88 bits per heavy atom. The van der Waals surface area contributed by atoms with Gasteiger partial charge in [-0.3, -0.25) is 4.79 Å². The minimum atomic E-state index is 0.0384. The number of carbonyl (C=O) groups excluding carboxylic acids is 1. The minimum Gasteiger partial charge on any atom is -0.494 e. The van der Waals surface area contributed by atoms with E-state index < -0.39 is 0 Å². The molecule has 24 heavy (non-hydrogen) atoms. The van der Waals surface area contributed by atoms with Crippen molar-refractivity contribution >= 4 is 28.8 Å². The molecule has 2 heterocycles. The Labute approximate surface area is 141 Å². The second-order valence-corrected chi connectivity index (χ2v) is 5.90. The van der Waals surface area contributed by atoms with Crippen molar-refractivity contribution in [3.8, 4) is 5.75 Å². The lowest BCUT2D eigenvalue weighted by Gasteiger charge is -2.17. The molecule has 2 aliphatic rings. The van der Waals surface area contributed by atoms with Gasteiger partial charge in [0.25, 0.3) is 0 Å². The van der Waals surface area contributed by atoms with Gasteiger partial charge in [-0.05, 0) is 43.3 Å². The molecular formula is C19H18N3O2. The fourth-order valence-corrected chi connectivity index (χ4v) is 3.13. The summed E-state index contributed by atoms with van der Waals surface area (Å²) in [4.78, 5) is 18.8. The molecule has 5 nitrogen and oxygen atoms in total. The maximum Gasteiger partial charge on any atom is 0.227 e. The van der Waals surface area contributed by atoms with Crippen molar-refractivity contribution < 1.29 is 9.53 Å². The molecule has 2 aromatic carbocycles. The van der Waals surface area contributed by atoms with Crippen molar-refractivity contribution in [2.75, 3.05) is 18.1 Å². The highest BCUT2D eigenvalue weighted by Crippen LogP contribution is 2.35. The van der Waals surface area contributed by atoms with Gasteiger partial charge < -0.3 is 9.64 Å². The van der Waals surface area contributed by atoms with Crippen LogP contribution in [0.4, 0.5) is 17.1 Å². The van der Waals surface area contributed by atoms with Crippen LogP contribution in [0.1, 0.15) is 13.3 Å². The van der Waals surface area contributed by atoms with E-state index in [9.17, 15) is 4.79 Å². The SMILES string of the molecule is CCOc1ccc(N2CC(C3=Nc4ccccc4[N]3)CC2=O)cc1. The number of ether oxygens (including phenoxy) is 1. The van der Waals surface area contributed by atoms with Crippen LogP contribution in [-0.2, 0) is 4.79 Å². The zero-order chi connectivity index (χ0) is 16.5. The molecular weight excluding hydrogens is 302 g/mol. The first kappa shape index (κ1) is 14.8. The average molecular weight is 320 g/mol. The number of rotatable bonds is 4. The molecule has 1 unspecified atom stereocenters. The third-order valence-corrected chi connectivity index (χ3v) is 4.30. The van der Waals surface area contributed by atoms with Crippen LogP contribution in [0.5, 0.6) is 5.75 Å². The summed E-state index contributed by atoms with van der Waals surface area (Å²) >= 11 is 0. The number of fused-ring (bicyclic) bond motifs is 1. The number of amides is 1. The van der Waals surface area contributed by atoms with E-state index in [-0.39, 0.29) is 11.8 Å². The average Bonchev–Trinajstić information content (AvgIpc) is 3.19. The summed E-state index contributed by atoms with van der Waals surface area (Å²) in [6.45, 7) is 3.20. The van der Waals surface area contributed by atoms with Crippen LogP contribution in [0, 0.1) is 5.92 Å². The fraction of sp³-hybridized carbons (Fsp3) is 0.263. The molecule has 1 amide bonds. The Balaban J connectivity index is 1.50. The van der Waals surface area contributed by atoms with Gasteiger partial charge in [-0.25, -0.2) is 10.3 Å². The lowest BCUT2D eigenvalue weighted by molar-refractivity contribution is -0.117. The van der Waals surface area contributed by atoms with Crippen molar-refractivity contribution in [3.05, 3.63) is 48.5 Å². The Morgan fingerprint density at radius 1 is 1.12 bits per heavy atom. The fourth-order valence-electron chi connectivity index (χ4n) is 3.13. The molecule has 1 atom stereocenters. The molecule has 0 N–H and O–H groups in total. The number of hydrogen-bond donors (Lipinski definition) is 0. The summed E-state index contributed by atoms with van der Waals surface area (Å²) in [5, 5.41) is 4.59. The molecule has 4 rings (SSSR count). The van der Waals surface area contributed by atoms with Gasteiger partial charge in [-0.1, -0.05) is 12.1 Å².